The van der Waals surface area contributed by atoms with Crippen LogP contribution in [0.3, 0.4) is 0 Å². The first kappa shape index (κ1) is 15.0. The summed E-state index contributed by atoms with van der Waals surface area (Å²) in [6, 6.07) is 15.3. The molecular formula is C21H21N3. The predicted molar refractivity (Wildman–Crippen MR) is 96.7 cm³/mol. The number of rotatable bonds is 2. The molecule has 4 rings (SSSR count). The quantitative estimate of drug-likeness (QED) is 0.636. The summed E-state index contributed by atoms with van der Waals surface area (Å²) in [5.41, 5.74) is 4.97. The van der Waals surface area contributed by atoms with Crippen LogP contribution in [-0.4, -0.2) is 9.55 Å². The average molecular weight is 315 g/mol. The van der Waals surface area contributed by atoms with E-state index in [9.17, 15) is 5.26 Å². The highest BCUT2D eigenvalue weighted by Gasteiger charge is 2.22. The second-order valence-corrected chi connectivity index (χ2v) is 6.73. The number of aryl methyl sites for hydroxylation is 1. The number of hydrogen-bond donors (Lipinski definition) is 0. The largest absolute Gasteiger partial charge is 0.328 e. The number of aromatic nitrogens is 2. The Kier molecular flexibility index (Phi) is 3.82. The molecule has 24 heavy (non-hydrogen) atoms. The zero-order chi connectivity index (χ0) is 16.5. The summed E-state index contributed by atoms with van der Waals surface area (Å²) in [7, 11) is 0. The normalized spacial score (nSPS) is 15.5. The molecule has 0 bridgehead atoms. The Morgan fingerprint density at radius 2 is 1.88 bits per heavy atom. The van der Waals surface area contributed by atoms with Crippen LogP contribution >= 0.6 is 0 Å². The maximum absolute atomic E-state index is 9.70. The van der Waals surface area contributed by atoms with Gasteiger partial charge >= 0.3 is 0 Å². The first-order chi connectivity index (χ1) is 11.8. The van der Waals surface area contributed by atoms with E-state index in [1.165, 1.54) is 32.1 Å². The van der Waals surface area contributed by atoms with E-state index < -0.39 is 0 Å². The SMILES string of the molecule is Cc1cc(-c2ccccc2)c2c(C#N)cn(C3CCCCC3)c2n1. The molecule has 2 aromatic heterocycles. The molecule has 0 aliphatic heterocycles. The second kappa shape index (κ2) is 6.13. The number of nitrogens with zero attached hydrogens (tertiary/aromatic N) is 3. The second-order valence-electron chi connectivity index (χ2n) is 6.73. The van der Waals surface area contributed by atoms with Crippen LogP contribution in [0.15, 0.2) is 42.6 Å². The maximum atomic E-state index is 9.70. The highest BCUT2D eigenvalue weighted by atomic mass is 15.1. The minimum Gasteiger partial charge on any atom is -0.328 e. The average Bonchev–Trinajstić information content (AvgIpc) is 3.01. The minimum atomic E-state index is 0.473. The van der Waals surface area contributed by atoms with E-state index in [1.54, 1.807) is 0 Å². The number of fused-ring (bicyclic) bond motifs is 1. The summed E-state index contributed by atoms with van der Waals surface area (Å²) in [4.78, 5) is 4.82. The van der Waals surface area contributed by atoms with Gasteiger partial charge in [0.15, 0.2) is 0 Å². The first-order valence-electron chi connectivity index (χ1n) is 8.75. The van der Waals surface area contributed by atoms with Gasteiger partial charge in [-0.3, -0.25) is 0 Å². The van der Waals surface area contributed by atoms with Gasteiger partial charge in [0.1, 0.15) is 11.7 Å². The van der Waals surface area contributed by atoms with Crippen LogP contribution in [0.25, 0.3) is 22.2 Å². The molecular weight excluding hydrogens is 294 g/mol. The van der Waals surface area contributed by atoms with Crippen molar-refractivity contribution in [2.75, 3.05) is 0 Å². The summed E-state index contributed by atoms with van der Waals surface area (Å²) in [6.07, 6.45) is 8.26. The van der Waals surface area contributed by atoms with Crippen molar-refractivity contribution in [1.82, 2.24) is 9.55 Å². The fourth-order valence-corrected chi connectivity index (χ4v) is 3.94. The molecule has 3 heteroatoms. The van der Waals surface area contributed by atoms with Crippen molar-refractivity contribution >= 4 is 11.0 Å². The minimum absolute atomic E-state index is 0.473. The number of pyridine rings is 1. The van der Waals surface area contributed by atoms with Gasteiger partial charge in [-0.2, -0.15) is 5.26 Å². The lowest BCUT2D eigenvalue weighted by Gasteiger charge is -2.24. The van der Waals surface area contributed by atoms with Crippen LogP contribution in [0.4, 0.5) is 0 Å². The van der Waals surface area contributed by atoms with E-state index in [0.29, 0.717) is 6.04 Å². The molecule has 2 heterocycles. The van der Waals surface area contributed by atoms with Crippen molar-refractivity contribution in [2.24, 2.45) is 0 Å². The van der Waals surface area contributed by atoms with Gasteiger partial charge in [0.05, 0.1) is 5.56 Å². The maximum Gasteiger partial charge on any atom is 0.142 e. The molecule has 1 aliphatic rings. The van der Waals surface area contributed by atoms with E-state index in [1.807, 2.05) is 31.3 Å². The van der Waals surface area contributed by atoms with Gasteiger partial charge in [-0.15, -0.1) is 0 Å². The molecule has 1 aliphatic carbocycles. The first-order valence-corrected chi connectivity index (χ1v) is 8.75. The lowest BCUT2D eigenvalue weighted by molar-refractivity contribution is 0.359. The molecule has 0 atom stereocenters. The van der Waals surface area contributed by atoms with Gasteiger partial charge in [0.25, 0.3) is 0 Å². The van der Waals surface area contributed by atoms with Crippen LogP contribution in [0, 0.1) is 18.3 Å². The Balaban J connectivity index is 1.98. The fourth-order valence-electron chi connectivity index (χ4n) is 3.94. The van der Waals surface area contributed by atoms with E-state index >= 15 is 0 Å². The van der Waals surface area contributed by atoms with Crippen LogP contribution in [0.2, 0.25) is 0 Å². The topological polar surface area (TPSA) is 41.6 Å². The zero-order valence-corrected chi connectivity index (χ0v) is 14.0. The van der Waals surface area contributed by atoms with Crippen molar-refractivity contribution in [3.8, 4) is 17.2 Å². The highest BCUT2D eigenvalue weighted by Crippen LogP contribution is 2.36. The van der Waals surface area contributed by atoms with Crippen LogP contribution in [0.1, 0.15) is 49.4 Å². The monoisotopic (exact) mass is 315 g/mol. The lowest BCUT2D eigenvalue weighted by atomic mass is 9.95. The summed E-state index contributed by atoms with van der Waals surface area (Å²) < 4.78 is 2.27. The van der Waals surface area contributed by atoms with Crippen molar-refractivity contribution in [2.45, 2.75) is 45.1 Å². The van der Waals surface area contributed by atoms with E-state index in [-0.39, 0.29) is 0 Å². The third kappa shape index (κ3) is 2.49. The molecule has 3 aromatic rings. The Bertz CT molecular complexity index is 910. The molecule has 3 nitrogen and oxygen atoms in total. The van der Waals surface area contributed by atoms with Gasteiger partial charge in [0.2, 0.25) is 0 Å². The summed E-state index contributed by atoms with van der Waals surface area (Å²) in [5.74, 6) is 0. The predicted octanol–water partition coefficient (Wildman–Crippen LogP) is 5.39. The molecule has 120 valence electrons. The van der Waals surface area contributed by atoms with Gasteiger partial charge in [-0.05, 0) is 37.0 Å². The number of nitriles is 1. The van der Waals surface area contributed by atoms with E-state index in [0.717, 1.165) is 33.4 Å². The molecule has 0 unspecified atom stereocenters. The Hall–Kier alpha value is -2.60. The smallest absolute Gasteiger partial charge is 0.142 e. The van der Waals surface area contributed by atoms with Crippen LogP contribution in [-0.2, 0) is 0 Å². The molecule has 1 aromatic carbocycles. The molecule has 1 saturated carbocycles. The molecule has 0 spiro atoms. The number of hydrogen-bond acceptors (Lipinski definition) is 2. The summed E-state index contributed by atoms with van der Waals surface area (Å²) in [6.45, 7) is 2.04. The molecule has 0 radical (unpaired) electrons. The summed E-state index contributed by atoms with van der Waals surface area (Å²) in [5, 5.41) is 10.7. The van der Waals surface area contributed by atoms with E-state index in [4.69, 9.17) is 4.98 Å². The van der Waals surface area contributed by atoms with Gasteiger partial charge < -0.3 is 4.57 Å². The Morgan fingerprint density at radius 1 is 1.12 bits per heavy atom. The Labute approximate surface area is 142 Å². The molecule has 1 fully saturated rings. The van der Waals surface area contributed by atoms with E-state index in [2.05, 4.69) is 28.8 Å². The van der Waals surface area contributed by atoms with Gasteiger partial charge in [-0.1, -0.05) is 49.6 Å². The zero-order valence-electron chi connectivity index (χ0n) is 14.0. The third-order valence-electron chi connectivity index (χ3n) is 5.08. The molecule has 0 saturated heterocycles. The van der Waals surface area contributed by atoms with Crippen molar-refractivity contribution in [3.05, 3.63) is 53.9 Å². The fraction of sp³-hybridized carbons (Fsp3) is 0.333. The highest BCUT2D eigenvalue weighted by molar-refractivity contribution is 5.98. The van der Waals surface area contributed by atoms with Crippen LogP contribution in [0.5, 0.6) is 0 Å². The summed E-state index contributed by atoms with van der Waals surface area (Å²) >= 11 is 0. The Morgan fingerprint density at radius 3 is 2.58 bits per heavy atom. The lowest BCUT2D eigenvalue weighted by Crippen LogP contribution is -2.12. The van der Waals surface area contributed by atoms with Gasteiger partial charge in [-0.25, -0.2) is 4.98 Å². The van der Waals surface area contributed by atoms with Gasteiger partial charge in [0, 0.05) is 23.3 Å². The molecule has 0 N–H and O–H groups in total. The molecule has 0 amide bonds. The van der Waals surface area contributed by atoms with Crippen molar-refractivity contribution in [1.29, 1.82) is 5.26 Å². The van der Waals surface area contributed by atoms with Crippen molar-refractivity contribution < 1.29 is 0 Å². The van der Waals surface area contributed by atoms with Crippen LogP contribution < -0.4 is 0 Å². The van der Waals surface area contributed by atoms with Crippen molar-refractivity contribution in [3.63, 3.8) is 0 Å². The third-order valence-corrected chi connectivity index (χ3v) is 5.08. The number of benzene rings is 1. The standard InChI is InChI=1S/C21H21N3/c1-15-12-19(16-8-4-2-5-9-16)20-17(13-22)14-24(21(20)23-15)18-10-6-3-7-11-18/h2,4-5,8-9,12,14,18H,3,6-7,10-11H2,1H3.